The zero-order valence-corrected chi connectivity index (χ0v) is 9.33. The molecular weight excluding hydrogens is 186 g/mol. The maximum atomic E-state index is 5.53. The first-order valence-corrected chi connectivity index (χ1v) is 5.35. The summed E-state index contributed by atoms with van der Waals surface area (Å²) in [7, 11) is 1.99. The molecule has 80 valence electrons. The summed E-state index contributed by atoms with van der Waals surface area (Å²) in [6, 6.07) is 6.37. The molecule has 3 heteroatoms. The van der Waals surface area contributed by atoms with E-state index in [1.54, 1.807) is 0 Å². The number of nitrogens with zero attached hydrogens (tertiary/aromatic N) is 2. The highest BCUT2D eigenvalue weighted by Crippen LogP contribution is 2.21. The van der Waals surface area contributed by atoms with Gasteiger partial charge in [0.25, 0.3) is 0 Å². The van der Waals surface area contributed by atoms with Gasteiger partial charge >= 0.3 is 0 Å². The van der Waals surface area contributed by atoms with E-state index in [-0.39, 0.29) is 0 Å². The van der Waals surface area contributed by atoms with E-state index in [0.717, 1.165) is 24.9 Å². The number of aryl methyl sites for hydroxylation is 3. The zero-order chi connectivity index (χ0) is 10.8. The second kappa shape index (κ2) is 4.03. The molecule has 0 spiro atoms. The van der Waals surface area contributed by atoms with E-state index in [2.05, 4.69) is 30.2 Å². The molecule has 1 aromatic carbocycles. The van der Waals surface area contributed by atoms with E-state index in [9.17, 15) is 0 Å². The maximum Gasteiger partial charge on any atom is 0.0957 e. The van der Waals surface area contributed by atoms with Gasteiger partial charge in [-0.1, -0.05) is 18.2 Å². The molecule has 15 heavy (non-hydrogen) atoms. The van der Waals surface area contributed by atoms with Crippen LogP contribution in [0.3, 0.4) is 0 Å². The van der Waals surface area contributed by atoms with E-state index < -0.39 is 0 Å². The van der Waals surface area contributed by atoms with Crippen LogP contribution in [0.1, 0.15) is 17.7 Å². The molecule has 1 heterocycles. The van der Waals surface area contributed by atoms with Gasteiger partial charge in [-0.2, -0.15) is 5.10 Å². The first-order chi connectivity index (χ1) is 7.24. The lowest BCUT2D eigenvalue weighted by Crippen LogP contribution is -2.00. The van der Waals surface area contributed by atoms with Gasteiger partial charge in [-0.25, -0.2) is 0 Å². The Kier molecular flexibility index (Phi) is 2.73. The molecule has 2 rings (SSSR count). The van der Waals surface area contributed by atoms with Gasteiger partial charge in [0.2, 0.25) is 0 Å². The lowest BCUT2D eigenvalue weighted by Gasteiger charge is -2.00. The van der Waals surface area contributed by atoms with E-state index in [1.165, 1.54) is 16.6 Å². The van der Waals surface area contributed by atoms with Crippen molar-refractivity contribution >= 4 is 10.9 Å². The highest BCUT2D eigenvalue weighted by atomic mass is 15.3. The Labute approximate surface area is 89.9 Å². The smallest absolute Gasteiger partial charge is 0.0957 e. The van der Waals surface area contributed by atoms with Crippen LogP contribution in [0.2, 0.25) is 0 Å². The monoisotopic (exact) mass is 203 g/mol. The fourth-order valence-electron chi connectivity index (χ4n) is 1.89. The summed E-state index contributed by atoms with van der Waals surface area (Å²) in [5, 5.41) is 5.80. The number of aromatic nitrogens is 2. The molecule has 1 aromatic heterocycles. The highest BCUT2D eigenvalue weighted by molar-refractivity contribution is 5.84. The van der Waals surface area contributed by atoms with Gasteiger partial charge in [-0.05, 0) is 31.9 Å². The largest absolute Gasteiger partial charge is 0.330 e. The molecule has 0 fully saturated rings. The highest BCUT2D eigenvalue weighted by Gasteiger charge is 2.07. The molecule has 0 radical (unpaired) electrons. The van der Waals surface area contributed by atoms with Crippen molar-refractivity contribution in [2.45, 2.75) is 19.8 Å². The summed E-state index contributed by atoms with van der Waals surface area (Å²) in [5.41, 5.74) is 9.19. The van der Waals surface area contributed by atoms with Gasteiger partial charge in [-0.3, -0.25) is 4.68 Å². The fraction of sp³-hybridized carbons (Fsp3) is 0.417. The molecule has 0 unspecified atom stereocenters. The zero-order valence-electron chi connectivity index (χ0n) is 9.33. The summed E-state index contributed by atoms with van der Waals surface area (Å²) in [5.74, 6) is 0. The van der Waals surface area contributed by atoms with Crippen LogP contribution in [0.25, 0.3) is 10.9 Å². The first kappa shape index (κ1) is 10.2. The number of hydrogen-bond donors (Lipinski definition) is 1. The van der Waals surface area contributed by atoms with Crippen molar-refractivity contribution in [1.82, 2.24) is 9.78 Å². The molecule has 0 aliphatic heterocycles. The average Bonchev–Trinajstić information content (AvgIpc) is 2.53. The van der Waals surface area contributed by atoms with Crippen LogP contribution in [-0.2, 0) is 13.5 Å². The Bertz CT molecular complexity index is 471. The summed E-state index contributed by atoms with van der Waals surface area (Å²) >= 11 is 0. The molecule has 2 N–H and O–H groups in total. The van der Waals surface area contributed by atoms with E-state index in [4.69, 9.17) is 5.73 Å². The van der Waals surface area contributed by atoms with Crippen molar-refractivity contribution in [3.05, 3.63) is 29.5 Å². The number of fused-ring (bicyclic) bond motifs is 1. The summed E-state index contributed by atoms with van der Waals surface area (Å²) < 4.78 is 1.94. The third kappa shape index (κ3) is 1.75. The van der Waals surface area contributed by atoms with Crippen LogP contribution in [0.4, 0.5) is 0 Å². The number of rotatable bonds is 3. The normalized spacial score (nSPS) is 11.1. The lowest BCUT2D eigenvalue weighted by molar-refractivity contribution is 0.748. The van der Waals surface area contributed by atoms with Crippen LogP contribution in [0.5, 0.6) is 0 Å². The minimum atomic E-state index is 0.738. The third-order valence-corrected chi connectivity index (χ3v) is 2.90. The SMILES string of the molecule is Cc1c2cccc(CCCN)c2nn1C. The van der Waals surface area contributed by atoms with Crippen molar-refractivity contribution in [2.24, 2.45) is 12.8 Å². The lowest BCUT2D eigenvalue weighted by atomic mass is 10.1. The topological polar surface area (TPSA) is 43.8 Å². The Balaban J connectivity index is 2.51. The second-order valence-corrected chi connectivity index (χ2v) is 3.91. The van der Waals surface area contributed by atoms with E-state index in [1.807, 2.05) is 11.7 Å². The van der Waals surface area contributed by atoms with Crippen LogP contribution in [-0.4, -0.2) is 16.3 Å². The Hall–Kier alpha value is -1.35. The molecule has 2 aromatic rings. The molecule has 0 aliphatic carbocycles. The summed E-state index contributed by atoms with van der Waals surface area (Å²) in [6.07, 6.45) is 2.04. The second-order valence-electron chi connectivity index (χ2n) is 3.91. The number of nitrogens with two attached hydrogens (primary N) is 1. The van der Waals surface area contributed by atoms with Crippen molar-refractivity contribution in [3.63, 3.8) is 0 Å². The van der Waals surface area contributed by atoms with Crippen LogP contribution < -0.4 is 5.73 Å². The quantitative estimate of drug-likeness (QED) is 0.826. The molecule has 0 amide bonds. The van der Waals surface area contributed by atoms with Crippen molar-refractivity contribution in [3.8, 4) is 0 Å². The molecule has 0 aliphatic rings. The predicted octanol–water partition coefficient (Wildman–Crippen LogP) is 1.77. The van der Waals surface area contributed by atoms with Gasteiger partial charge in [0.1, 0.15) is 0 Å². The fourth-order valence-corrected chi connectivity index (χ4v) is 1.89. The standard InChI is InChI=1S/C12H17N3/c1-9-11-7-3-5-10(6-4-8-13)12(11)14-15(9)2/h3,5,7H,4,6,8,13H2,1-2H3. The molecule has 0 saturated carbocycles. The van der Waals surface area contributed by atoms with E-state index >= 15 is 0 Å². The van der Waals surface area contributed by atoms with Gasteiger partial charge < -0.3 is 5.73 Å². The molecule has 0 atom stereocenters. The van der Waals surface area contributed by atoms with Crippen molar-refractivity contribution < 1.29 is 0 Å². The Morgan fingerprint density at radius 1 is 1.40 bits per heavy atom. The maximum absolute atomic E-state index is 5.53. The van der Waals surface area contributed by atoms with Crippen LogP contribution in [0, 0.1) is 6.92 Å². The first-order valence-electron chi connectivity index (χ1n) is 5.35. The van der Waals surface area contributed by atoms with Crippen LogP contribution >= 0.6 is 0 Å². The minimum absolute atomic E-state index is 0.738. The van der Waals surface area contributed by atoms with Crippen LogP contribution in [0.15, 0.2) is 18.2 Å². The van der Waals surface area contributed by atoms with E-state index in [0.29, 0.717) is 0 Å². The third-order valence-electron chi connectivity index (χ3n) is 2.90. The van der Waals surface area contributed by atoms with Gasteiger partial charge in [0.15, 0.2) is 0 Å². The Morgan fingerprint density at radius 2 is 2.20 bits per heavy atom. The van der Waals surface area contributed by atoms with Crippen molar-refractivity contribution in [2.75, 3.05) is 6.54 Å². The minimum Gasteiger partial charge on any atom is -0.330 e. The average molecular weight is 203 g/mol. The predicted molar refractivity (Wildman–Crippen MR) is 62.8 cm³/mol. The summed E-state index contributed by atoms with van der Waals surface area (Å²) in [6.45, 7) is 2.84. The van der Waals surface area contributed by atoms with Crippen molar-refractivity contribution in [1.29, 1.82) is 0 Å². The number of benzene rings is 1. The molecule has 3 nitrogen and oxygen atoms in total. The molecule has 0 bridgehead atoms. The molecular formula is C12H17N3. The van der Waals surface area contributed by atoms with Gasteiger partial charge in [-0.15, -0.1) is 0 Å². The molecule has 0 saturated heterocycles. The number of hydrogen-bond acceptors (Lipinski definition) is 2. The van der Waals surface area contributed by atoms with Gasteiger partial charge in [0.05, 0.1) is 5.52 Å². The summed E-state index contributed by atoms with van der Waals surface area (Å²) in [4.78, 5) is 0. The van der Waals surface area contributed by atoms with Gasteiger partial charge in [0, 0.05) is 18.1 Å². The Morgan fingerprint density at radius 3 is 2.93 bits per heavy atom.